The van der Waals surface area contributed by atoms with Gasteiger partial charge in [-0.05, 0) is 31.4 Å². The van der Waals surface area contributed by atoms with E-state index >= 15 is 0 Å². The molecule has 0 spiro atoms. The highest BCUT2D eigenvalue weighted by Gasteiger charge is 2.18. The van der Waals surface area contributed by atoms with Gasteiger partial charge in [0, 0.05) is 5.69 Å². The number of carboxylic acid groups (broad SMARTS) is 1. The Morgan fingerprint density at radius 1 is 1.25 bits per heavy atom. The Bertz CT molecular complexity index is 882. The molecule has 0 unspecified atom stereocenters. The van der Waals surface area contributed by atoms with Gasteiger partial charge in [0.25, 0.3) is 0 Å². The van der Waals surface area contributed by atoms with E-state index in [2.05, 4.69) is 25.5 Å². The van der Waals surface area contributed by atoms with Gasteiger partial charge in [-0.3, -0.25) is 0 Å². The topological polar surface area (TPSA) is 106 Å². The zero-order valence-electron chi connectivity index (χ0n) is 13.0. The van der Waals surface area contributed by atoms with Crippen LogP contribution in [0.5, 0.6) is 0 Å². The summed E-state index contributed by atoms with van der Waals surface area (Å²) < 4.78 is 0. The maximum atomic E-state index is 11.5. The summed E-state index contributed by atoms with van der Waals surface area (Å²) in [7, 11) is 0. The van der Waals surface area contributed by atoms with E-state index in [0.717, 1.165) is 5.69 Å². The Morgan fingerprint density at radius 2 is 2.00 bits per heavy atom. The van der Waals surface area contributed by atoms with Crippen molar-refractivity contribution in [1.29, 1.82) is 0 Å². The lowest BCUT2D eigenvalue weighted by atomic mass is 10.2. The van der Waals surface area contributed by atoms with Gasteiger partial charge in [-0.2, -0.15) is 15.0 Å². The van der Waals surface area contributed by atoms with Crippen LogP contribution >= 0.6 is 11.8 Å². The number of nitrogens with zero attached hydrogens (tertiary/aromatic N) is 5. The molecule has 1 aromatic carbocycles. The molecule has 3 rings (SSSR count). The first-order valence-corrected chi connectivity index (χ1v) is 8.20. The van der Waals surface area contributed by atoms with Gasteiger partial charge in [0.15, 0.2) is 5.16 Å². The lowest BCUT2D eigenvalue weighted by molar-refractivity contribution is 0.0696. The van der Waals surface area contributed by atoms with Crippen molar-refractivity contribution in [3.05, 3.63) is 47.9 Å². The minimum absolute atomic E-state index is 0.0513. The first kappa shape index (κ1) is 15.9. The van der Waals surface area contributed by atoms with Crippen LogP contribution in [0.3, 0.4) is 0 Å². The van der Waals surface area contributed by atoms with Gasteiger partial charge in [-0.15, -0.1) is 0 Å². The van der Waals surface area contributed by atoms with Gasteiger partial charge in [-0.1, -0.05) is 17.8 Å². The highest BCUT2D eigenvalue weighted by molar-refractivity contribution is 7.98. The molecule has 0 atom stereocenters. The number of carboxylic acids is 1. The predicted octanol–water partition coefficient (Wildman–Crippen LogP) is 2.53. The molecule has 2 aromatic heterocycles. The molecule has 0 aliphatic rings. The Labute approximate surface area is 142 Å². The maximum absolute atomic E-state index is 11.5. The predicted molar refractivity (Wildman–Crippen MR) is 90.2 cm³/mol. The molecule has 0 fully saturated rings. The summed E-state index contributed by atoms with van der Waals surface area (Å²) in [6, 6.07) is 7.30. The highest BCUT2D eigenvalue weighted by atomic mass is 32.2. The molecule has 0 bridgehead atoms. The number of nitrogens with one attached hydrogen (secondary N) is 1. The van der Waals surface area contributed by atoms with Gasteiger partial charge in [-0.25, -0.2) is 14.8 Å². The van der Waals surface area contributed by atoms with Crippen molar-refractivity contribution in [2.24, 2.45) is 0 Å². The third kappa shape index (κ3) is 3.20. The fourth-order valence-corrected chi connectivity index (χ4v) is 2.59. The van der Waals surface area contributed by atoms with E-state index < -0.39 is 5.97 Å². The third-order valence-corrected chi connectivity index (χ3v) is 3.77. The highest BCUT2D eigenvalue weighted by Crippen LogP contribution is 2.24. The quantitative estimate of drug-likeness (QED) is 0.538. The van der Waals surface area contributed by atoms with Crippen molar-refractivity contribution in [2.45, 2.75) is 12.1 Å². The Morgan fingerprint density at radius 3 is 2.67 bits per heavy atom. The number of hydrogen-bond acceptors (Lipinski definition) is 7. The molecule has 2 heterocycles. The van der Waals surface area contributed by atoms with Gasteiger partial charge >= 0.3 is 5.97 Å². The van der Waals surface area contributed by atoms with E-state index in [1.807, 2.05) is 30.5 Å². The molecule has 2 N–H and O–H groups in total. The minimum atomic E-state index is -1.08. The number of aryl methyl sites for hydroxylation is 1. The summed E-state index contributed by atoms with van der Waals surface area (Å²) in [6.07, 6.45) is 5.01. The van der Waals surface area contributed by atoms with E-state index in [1.165, 1.54) is 16.6 Å². The Hall–Kier alpha value is -2.94. The van der Waals surface area contributed by atoms with Crippen LogP contribution in [-0.2, 0) is 0 Å². The minimum Gasteiger partial charge on any atom is -0.477 e. The molecule has 0 radical (unpaired) electrons. The molecule has 3 aromatic rings. The maximum Gasteiger partial charge on any atom is 0.341 e. The summed E-state index contributed by atoms with van der Waals surface area (Å²) in [5, 5.41) is 21.2. The second kappa shape index (κ2) is 6.67. The molecule has 0 amide bonds. The summed E-state index contributed by atoms with van der Waals surface area (Å²) in [6.45, 7) is 1.65. The number of hydrogen-bond donors (Lipinski definition) is 2. The average Bonchev–Trinajstić information content (AvgIpc) is 3.08. The van der Waals surface area contributed by atoms with Crippen LogP contribution in [0.4, 0.5) is 11.5 Å². The smallest absolute Gasteiger partial charge is 0.341 e. The van der Waals surface area contributed by atoms with Gasteiger partial charge in [0.05, 0.1) is 23.8 Å². The SMILES string of the molecule is CSc1nc(C)c(C(=O)O)c(Nc2cccc(-n3nccn3)c2)n1. The van der Waals surface area contributed by atoms with Gasteiger partial charge in [0.2, 0.25) is 0 Å². The van der Waals surface area contributed by atoms with Crippen LogP contribution in [0.25, 0.3) is 5.69 Å². The van der Waals surface area contributed by atoms with Crippen LogP contribution in [0.2, 0.25) is 0 Å². The summed E-state index contributed by atoms with van der Waals surface area (Å²) in [5.41, 5.74) is 1.89. The van der Waals surface area contributed by atoms with Crippen molar-refractivity contribution in [3.63, 3.8) is 0 Å². The number of benzene rings is 1. The van der Waals surface area contributed by atoms with E-state index in [0.29, 0.717) is 16.5 Å². The third-order valence-electron chi connectivity index (χ3n) is 3.22. The second-order valence-electron chi connectivity index (χ2n) is 4.82. The van der Waals surface area contributed by atoms with Gasteiger partial charge in [0.1, 0.15) is 11.4 Å². The largest absolute Gasteiger partial charge is 0.477 e. The van der Waals surface area contributed by atoms with Crippen molar-refractivity contribution in [1.82, 2.24) is 25.0 Å². The van der Waals surface area contributed by atoms with Gasteiger partial charge < -0.3 is 10.4 Å². The number of carbonyl (C=O) groups is 1. The second-order valence-corrected chi connectivity index (χ2v) is 5.59. The fourth-order valence-electron chi connectivity index (χ4n) is 2.18. The molecule has 122 valence electrons. The number of aromatic carboxylic acids is 1. The summed E-state index contributed by atoms with van der Waals surface area (Å²) in [4.78, 5) is 21.5. The monoisotopic (exact) mass is 342 g/mol. The van der Waals surface area contributed by atoms with E-state index in [-0.39, 0.29) is 11.4 Å². The van der Waals surface area contributed by atoms with Crippen molar-refractivity contribution >= 4 is 29.2 Å². The molecule has 24 heavy (non-hydrogen) atoms. The Kier molecular flexibility index (Phi) is 4.43. The molecular weight excluding hydrogens is 328 g/mol. The van der Waals surface area contributed by atoms with Crippen molar-refractivity contribution in [3.8, 4) is 5.69 Å². The average molecular weight is 342 g/mol. The lowest BCUT2D eigenvalue weighted by Crippen LogP contribution is -2.10. The van der Waals surface area contributed by atoms with Crippen LogP contribution in [0, 0.1) is 6.92 Å². The molecule has 8 nitrogen and oxygen atoms in total. The number of anilines is 2. The molecule has 0 saturated heterocycles. The van der Waals surface area contributed by atoms with Crippen molar-refractivity contribution in [2.75, 3.05) is 11.6 Å². The van der Waals surface area contributed by atoms with Crippen LogP contribution < -0.4 is 5.32 Å². The summed E-state index contributed by atoms with van der Waals surface area (Å²) in [5.74, 6) is -0.822. The normalized spacial score (nSPS) is 10.6. The molecular formula is C15H14N6O2S. The molecule has 0 saturated carbocycles. The lowest BCUT2D eigenvalue weighted by Gasteiger charge is -2.12. The van der Waals surface area contributed by atoms with E-state index in [9.17, 15) is 9.90 Å². The molecule has 0 aliphatic carbocycles. The van der Waals surface area contributed by atoms with E-state index in [4.69, 9.17) is 0 Å². The molecule has 9 heteroatoms. The zero-order chi connectivity index (χ0) is 17.1. The van der Waals surface area contributed by atoms with Crippen LogP contribution in [-0.4, -0.2) is 42.3 Å². The number of rotatable bonds is 5. The zero-order valence-corrected chi connectivity index (χ0v) is 13.8. The van der Waals surface area contributed by atoms with Crippen molar-refractivity contribution < 1.29 is 9.90 Å². The van der Waals surface area contributed by atoms with Crippen LogP contribution in [0.15, 0.2) is 41.8 Å². The standard InChI is InChI=1S/C15H14N6O2S/c1-9-12(14(22)23)13(20-15(18-9)24-2)19-10-4-3-5-11(8-10)21-16-6-7-17-21/h3-8H,1-2H3,(H,22,23)(H,18,19,20). The number of thioether (sulfide) groups is 1. The first-order chi connectivity index (χ1) is 11.6. The van der Waals surface area contributed by atoms with Crippen LogP contribution in [0.1, 0.15) is 16.1 Å². The fraction of sp³-hybridized carbons (Fsp3) is 0.133. The first-order valence-electron chi connectivity index (χ1n) is 6.98. The molecule has 0 aliphatic heterocycles. The summed E-state index contributed by atoms with van der Waals surface area (Å²) >= 11 is 1.35. The Balaban J connectivity index is 2.01. The van der Waals surface area contributed by atoms with E-state index in [1.54, 1.807) is 19.3 Å². The number of aromatic nitrogens is 5.